The molecule has 1 unspecified atom stereocenters. The number of hydrogen-bond acceptors (Lipinski definition) is 3. The van der Waals surface area contributed by atoms with Crippen LogP contribution in [-0.2, 0) is 15.3 Å². The number of fused-ring (bicyclic) bond motifs is 1. The molecule has 0 N–H and O–H groups in total. The van der Waals surface area contributed by atoms with E-state index in [-0.39, 0.29) is 4.90 Å². The molecular formula is C19H14ClF3O3S. The Morgan fingerprint density at radius 3 is 2.52 bits per heavy atom. The summed E-state index contributed by atoms with van der Waals surface area (Å²) >= 11 is 3.80. The summed E-state index contributed by atoms with van der Waals surface area (Å²) in [7, 11) is 1.54. The summed E-state index contributed by atoms with van der Waals surface area (Å²) in [5.74, 6) is 0.594. The highest BCUT2D eigenvalue weighted by atomic mass is 35.5. The van der Waals surface area contributed by atoms with E-state index in [1.54, 1.807) is 43.5 Å². The molecule has 0 amide bonds. The van der Waals surface area contributed by atoms with Crippen LogP contribution in [0.1, 0.15) is 0 Å². The van der Waals surface area contributed by atoms with Gasteiger partial charge < -0.3 is 4.74 Å². The SMILES string of the molecule is COc1cc(Cl)ccc1-c1cccc2cc(S(=O)OCC(F)(F)F)ccc12. The minimum absolute atomic E-state index is 0.159. The fourth-order valence-electron chi connectivity index (χ4n) is 2.68. The number of ether oxygens (including phenoxy) is 1. The zero-order valence-electron chi connectivity index (χ0n) is 14.0. The van der Waals surface area contributed by atoms with Crippen molar-refractivity contribution in [2.24, 2.45) is 0 Å². The zero-order chi connectivity index (χ0) is 19.6. The molecule has 0 saturated carbocycles. The van der Waals surface area contributed by atoms with Crippen molar-refractivity contribution in [1.82, 2.24) is 0 Å². The zero-order valence-corrected chi connectivity index (χ0v) is 15.6. The van der Waals surface area contributed by atoms with Gasteiger partial charge in [0.25, 0.3) is 0 Å². The van der Waals surface area contributed by atoms with Crippen molar-refractivity contribution in [2.45, 2.75) is 11.1 Å². The van der Waals surface area contributed by atoms with Gasteiger partial charge in [-0.05, 0) is 46.7 Å². The van der Waals surface area contributed by atoms with E-state index in [1.807, 2.05) is 12.1 Å². The van der Waals surface area contributed by atoms with Crippen LogP contribution in [0, 0.1) is 0 Å². The van der Waals surface area contributed by atoms with Crippen LogP contribution in [0.5, 0.6) is 5.75 Å². The molecule has 0 spiro atoms. The Morgan fingerprint density at radius 1 is 1.04 bits per heavy atom. The molecule has 0 aliphatic carbocycles. The van der Waals surface area contributed by atoms with Crippen LogP contribution in [0.4, 0.5) is 13.2 Å². The summed E-state index contributed by atoms with van der Waals surface area (Å²) in [6.07, 6.45) is -4.54. The second-order valence-electron chi connectivity index (χ2n) is 5.65. The average Bonchev–Trinajstić information content (AvgIpc) is 2.64. The second kappa shape index (κ2) is 7.88. The quantitative estimate of drug-likeness (QED) is 0.531. The minimum Gasteiger partial charge on any atom is -0.496 e. The molecule has 0 aliphatic rings. The van der Waals surface area contributed by atoms with E-state index in [9.17, 15) is 17.4 Å². The molecule has 3 aromatic carbocycles. The number of alkyl halides is 3. The summed E-state index contributed by atoms with van der Waals surface area (Å²) in [4.78, 5) is 0.159. The highest BCUT2D eigenvalue weighted by molar-refractivity contribution is 7.80. The first-order chi connectivity index (χ1) is 12.8. The van der Waals surface area contributed by atoms with Crippen LogP contribution < -0.4 is 4.74 Å². The maximum absolute atomic E-state index is 12.2. The molecule has 0 heterocycles. The standard InChI is InChI=1S/C19H14ClF3O3S/c1-25-18-10-13(20)5-7-17(18)16-4-2-3-12-9-14(6-8-15(12)16)27(24)26-11-19(21,22)23/h2-10H,11H2,1H3. The lowest BCUT2D eigenvalue weighted by Gasteiger charge is -2.13. The molecule has 1 atom stereocenters. The first-order valence-electron chi connectivity index (χ1n) is 7.77. The summed E-state index contributed by atoms with van der Waals surface area (Å²) in [5.41, 5.74) is 1.67. The van der Waals surface area contributed by atoms with Crippen molar-refractivity contribution in [1.29, 1.82) is 0 Å². The van der Waals surface area contributed by atoms with E-state index in [0.717, 1.165) is 16.5 Å². The smallest absolute Gasteiger partial charge is 0.413 e. The lowest BCUT2D eigenvalue weighted by Crippen LogP contribution is -2.17. The molecule has 3 aromatic rings. The molecule has 8 heteroatoms. The molecular weight excluding hydrogens is 401 g/mol. The third kappa shape index (κ3) is 4.61. The average molecular weight is 415 g/mol. The van der Waals surface area contributed by atoms with Crippen molar-refractivity contribution in [3.63, 3.8) is 0 Å². The number of methoxy groups -OCH3 is 1. The van der Waals surface area contributed by atoms with Crippen molar-refractivity contribution < 1.29 is 26.3 Å². The highest BCUT2D eigenvalue weighted by Crippen LogP contribution is 2.37. The molecule has 3 nitrogen and oxygen atoms in total. The van der Waals surface area contributed by atoms with Crippen LogP contribution in [0.15, 0.2) is 59.5 Å². The van der Waals surface area contributed by atoms with E-state index in [2.05, 4.69) is 4.18 Å². The largest absolute Gasteiger partial charge is 0.496 e. The number of halogens is 4. The molecule has 27 heavy (non-hydrogen) atoms. The Bertz CT molecular complexity index is 1010. The van der Waals surface area contributed by atoms with Gasteiger partial charge in [0, 0.05) is 10.6 Å². The number of benzene rings is 3. The Kier molecular flexibility index (Phi) is 5.74. The van der Waals surface area contributed by atoms with Crippen LogP contribution in [-0.4, -0.2) is 24.1 Å². The van der Waals surface area contributed by atoms with E-state index in [1.165, 1.54) is 6.07 Å². The van der Waals surface area contributed by atoms with Gasteiger partial charge >= 0.3 is 6.18 Å². The number of rotatable bonds is 5. The predicted molar refractivity (Wildman–Crippen MR) is 99.4 cm³/mol. The fourth-order valence-corrected chi connectivity index (χ4v) is 3.62. The van der Waals surface area contributed by atoms with Gasteiger partial charge in [0.05, 0.1) is 12.0 Å². The Balaban J connectivity index is 2.00. The Morgan fingerprint density at radius 2 is 1.81 bits per heavy atom. The lowest BCUT2D eigenvalue weighted by atomic mass is 9.97. The Hall–Kier alpha value is -2.09. The molecule has 0 radical (unpaired) electrons. The normalized spacial score (nSPS) is 12.9. The van der Waals surface area contributed by atoms with Crippen LogP contribution >= 0.6 is 11.6 Å². The molecule has 3 rings (SSSR count). The van der Waals surface area contributed by atoms with Gasteiger partial charge in [-0.25, -0.2) is 4.21 Å². The molecule has 0 aliphatic heterocycles. The molecule has 0 bridgehead atoms. The van der Waals surface area contributed by atoms with Crippen LogP contribution in [0.3, 0.4) is 0 Å². The third-order valence-electron chi connectivity index (χ3n) is 3.83. The van der Waals surface area contributed by atoms with Crippen molar-refractivity contribution in [2.75, 3.05) is 13.7 Å². The van der Waals surface area contributed by atoms with Gasteiger partial charge in [-0.1, -0.05) is 35.9 Å². The van der Waals surface area contributed by atoms with Gasteiger partial charge in [0.2, 0.25) is 0 Å². The summed E-state index contributed by atoms with van der Waals surface area (Å²) in [6.45, 7) is -1.57. The van der Waals surface area contributed by atoms with Crippen molar-refractivity contribution in [3.8, 4) is 16.9 Å². The number of hydrogen-bond donors (Lipinski definition) is 0. The Labute approximate surface area is 161 Å². The van der Waals surface area contributed by atoms with E-state index in [0.29, 0.717) is 16.2 Å². The maximum atomic E-state index is 12.2. The van der Waals surface area contributed by atoms with Crippen molar-refractivity contribution in [3.05, 3.63) is 59.6 Å². The van der Waals surface area contributed by atoms with Crippen LogP contribution in [0.25, 0.3) is 21.9 Å². The van der Waals surface area contributed by atoms with Crippen LogP contribution in [0.2, 0.25) is 5.02 Å². The fraction of sp³-hybridized carbons (Fsp3) is 0.158. The monoisotopic (exact) mass is 414 g/mol. The van der Waals surface area contributed by atoms with Gasteiger partial charge in [-0.15, -0.1) is 0 Å². The molecule has 0 saturated heterocycles. The molecule has 0 aromatic heterocycles. The second-order valence-corrected chi connectivity index (χ2v) is 7.26. The van der Waals surface area contributed by atoms with E-state index >= 15 is 0 Å². The van der Waals surface area contributed by atoms with Gasteiger partial charge in [0.15, 0.2) is 17.7 Å². The summed E-state index contributed by atoms with van der Waals surface area (Å²) < 4.78 is 58.5. The summed E-state index contributed by atoms with van der Waals surface area (Å²) in [6, 6.07) is 15.5. The van der Waals surface area contributed by atoms with E-state index in [4.69, 9.17) is 16.3 Å². The first-order valence-corrected chi connectivity index (χ1v) is 9.22. The third-order valence-corrected chi connectivity index (χ3v) is 5.03. The molecule has 142 valence electrons. The molecule has 0 fully saturated rings. The lowest BCUT2D eigenvalue weighted by molar-refractivity contribution is -0.151. The topological polar surface area (TPSA) is 35.5 Å². The maximum Gasteiger partial charge on any atom is 0.413 e. The minimum atomic E-state index is -4.54. The van der Waals surface area contributed by atoms with Crippen molar-refractivity contribution >= 4 is 33.5 Å². The van der Waals surface area contributed by atoms with E-state index < -0.39 is 23.9 Å². The van der Waals surface area contributed by atoms with Gasteiger partial charge in [0.1, 0.15) is 5.75 Å². The van der Waals surface area contributed by atoms with Gasteiger partial charge in [-0.2, -0.15) is 13.2 Å². The van der Waals surface area contributed by atoms with Gasteiger partial charge in [-0.3, -0.25) is 4.18 Å². The highest BCUT2D eigenvalue weighted by Gasteiger charge is 2.29. The first kappa shape index (κ1) is 19.7. The predicted octanol–water partition coefficient (Wildman–Crippen LogP) is 5.77. The summed E-state index contributed by atoms with van der Waals surface area (Å²) in [5, 5.41) is 2.08.